The van der Waals surface area contributed by atoms with Gasteiger partial charge in [0.15, 0.2) is 0 Å². The van der Waals surface area contributed by atoms with Crippen molar-refractivity contribution >= 4 is 39.1 Å². The van der Waals surface area contributed by atoms with Gasteiger partial charge in [-0.25, -0.2) is 8.42 Å². The highest BCUT2D eigenvalue weighted by Gasteiger charge is 2.33. The second-order valence-electron chi connectivity index (χ2n) is 9.63. The molecular formula is C29H34ClN3O4S. The Morgan fingerprint density at radius 2 is 1.58 bits per heavy atom. The van der Waals surface area contributed by atoms with Gasteiger partial charge in [0, 0.05) is 24.0 Å². The zero-order valence-electron chi connectivity index (χ0n) is 22.1. The predicted octanol–water partition coefficient (Wildman–Crippen LogP) is 4.58. The van der Waals surface area contributed by atoms with Gasteiger partial charge < -0.3 is 10.2 Å². The lowest BCUT2D eigenvalue weighted by molar-refractivity contribution is -0.140. The van der Waals surface area contributed by atoms with E-state index in [0.717, 1.165) is 27.3 Å². The van der Waals surface area contributed by atoms with E-state index in [-0.39, 0.29) is 24.9 Å². The fourth-order valence-electron chi connectivity index (χ4n) is 4.16. The molecule has 0 radical (unpaired) electrons. The SMILES string of the molecule is Cc1cccc(N(CC(=O)N(Cc2cccc(Cl)c2)[C@@H](Cc2ccccc2)C(=O)NC(C)C)S(C)(=O)=O)c1. The predicted molar refractivity (Wildman–Crippen MR) is 153 cm³/mol. The first-order valence-electron chi connectivity index (χ1n) is 12.4. The van der Waals surface area contributed by atoms with Crippen molar-refractivity contribution in [2.24, 2.45) is 0 Å². The number of hydrogen-bond acceptors (Lipinski definition) is 4. The minimum absolute atomic E-state index is 0.0772. The zero-order valence-corrected chi connectivity index (χ0v) is 23.7. The van der Waals surface area contributed by atoms with Crippen molar-refractivity contribution in [3.8, 4) is 0 Å². The first-order chi connectivity index (χ1) is 17.9. The third-order valence-corrected chi connectivity index (χ3v) is 7.29. The first-order valence-corrected chi connectivity index (χ1v) is 14.6. The smallest absolute Gasteiger partial charge is 0.244 e. The van der Waals surface area contributed by atoms with Crippen molar-refractivity contribution in [1.29, 1.82) is 0 Å². The van der Waals surface area contributed by atoms with Crippen LogP contribution in [0.2, 0.25) is 5.02 Å². The third kappa shape index (κ3) is 8.33. The molecule has 0 spiro atoms. The van der Waals surface area contributed by atoms with Crippen molar-refractivity contribution in [2.45, 2.75) is 45.8 Å². The Bertz CT molecular complexity index is 1360. The van der Waals surface area contributed by atoms with E-state index in [9.17, 15) is 18.0 Å². The summed E-state index contributed by atoms with van der Waals surface area (Å²) in [5.41, 5.74) is 2.84. The van der Waals surface area contributed by atoms with Crippen LogP contribution in [0.1, 0.15) is 30.5 Å². The summed E-state index contributed by atoms with van der Waals surface area (Å²) in [5.74, 6) is -0.822. The lowest BCUT2D eigenvalue weighted by Crippen LogP contribution is -2.54. The number of sulfonamides is 1. The third-order valence-electron chi connectivity index (χ3n) is 5.91. The molecule has 2 amide bonds. The Labute approximate surface area is 230 Å². The number of carbonyl (C=O) groups excluding carboxylic acids is 2. The molecule has 1 atom stereocenters. The van der Waals surface area contributed by atoms with E-state index in [1.165, 1.54) is 4.90 Å². The van der Waals surface area contributed by atoms with Gasteiger partial charge in [-0.2, -0.15) is 0 Å². The molecule has 0 saturated heterocycles. The Balaban J connectivity index is 2.06. The Morgan fingerprint density at radius 3 is 2.18 bits per heavy atom. The van der Waals surface area contributed by atoms with Gasteiger partial charge in [0.2, 0.25) is 21.8 Å². The van der Waals surface area contributed by atoms with Crippen molar-refractivity contribution in [2.75, 3.05) is 17.1 Å². The molecule has 1 N–H and O–H groups in total. The molecule has 3 rings (SSSR count). The van der Waals surface area contributed by atoms with Crippen molar-refractivity contribution in [1.82, 2.24) is 10.2 Å². The van der Waals surface area contributed by atoms with Gasteiger partial charge in [-0.3, -0.25) is 13.9 Å². The van der Waals surface area contributed by atoms with E-state index in [2.05, 4.69) is 5.32 Å². The average molecular weight is 556 g/mol. The van der Waals surface area contributed by atoms with Crippen LogP contribution in [-0.4, -0.2) is 50.0 Å². The van der Waals surface area contributed by atoms with Gasteiger partial charge >= 0.3 is 0 Å². The normalized spacial score (nSPS) is 12.2. The quantitative estimate of drug-likeness (QED) is 0.375. The fourth-order valence-corrected chi connectivity index (χ4v) is 5.22. The van der Waals surface area contributed by atoms with Gasteiger partial charge in [0.25, 0.3) is 0 Å². The topological polar surface area (TPSA) is 86.8 Å². The maximum Gasteiger partial charge on any atom is 0.244 e. The van der Waals surface area contributed by atoms with E-state index in [1.807, 2.05) is 63.2 Å². The van der Waals surface area contributed by atoms with Gasteiger partial charge in [-0.05, 0) is 61.7 Å². The maximum atomic E-state index is 14.0. The maximum absolute atomic E-state index is 14.0. The van der Waals surface area contributed by atoms with E-state index < -0.39 is 28.5 Å². The fraction of sp³-hybridized carbons (Fsp3) is 0.310. The van der Waals surface area contributed by atoms with E-state index in [1.54, 1.807) is 36.4 Å². The summed E-state index contributed by atoms with van der Waals surface area (Å²) >= 11 is 6.22. The van der Waals surface area contributed by atoms with Crippen LogP contribution in [0.4, 0.5) is 5.69 Å². The standard InChI is InChI=1S/C29H34ClN3O4S/c1-21(2)31-29(35)27(18-23-11-6-5-7-12-23)32(19-24-13-9-14-25(30)17-24)28(34)20-33(38(4,36)37)26-15-8-10-22(3)16-26/h5-17,21,27H,18-20H2,1-4H3,(H,31,35)/t27-/m0/s1. The number of carbonyl (C=O) groups is 2. The monoisotopic (exact) mass is 555 g/mol. The molecule has 0 heterocycles. The highest BCUT2D eigenvalue weighted by Crippen LogP contribution is 2.22. The van der Waals surface area contributed by atoms with Crippen molar-refractivity contribution in [3.05, 3.63) is 101 Å². The van der Waals surface area contributed by atoms with Gasteiger partial charge in [0.1, 0.15) is 12.6 Å². The van der Waals surface area contributed by atoms with E-state index >= 15 is 0 Å². The molecule has 202 valence electrons. The lowest BCUT2D eigenvalue weighted by Gasteiger charge is -2.34. The van der Waals surface area contributed by atoms with E-state index in [4.69, 9.17) is 11.6 Å². The lowest BCUT2D eigenvalue weighted by atomic mass is 10.0. The molecule has 0 aromatic heterocycles. The number of halogens is 1. The average Bonchev–Trinajstić information content (AvgIpc) is 2.84. The Kier molecular flexibility index (Phi) is 9.94. The summed E-state index contributed by atoms with van der Waals surface area (Å²) in [6, 6.07) is 22.4. The molecule has 7 nitrogen and oxygen atoms in total. The molecule has 3 aromatic rings. The summed E-state index contributed by atoms with van der Waals surface area (Å²) in [6.07, 6.45) is 1.33. The minimum atomic E-state index is -3.80. The van der Waals surface area contributed by atoms with Crippen LogP contribution in [0.15, 0.2) is 78.9 Å². The molecule has 0 aliphatic rings. The van der Waals surface area contributed by atoms with Crippen molar-refractivity contribution in [3.63, 3.8) is 0 Å². The number of benzene rings is 3. The highest BCUT2D eigenvalue weighted by atomic mass is 35.5. The molecule has 0 unspecified atom stereocenters. The highest BCUT2D eigenvalue weighted by molar-refractivity contribution is 7.92. The number of amides is 2. The molecule has 9 heteroatoms. The number of rotatable bonds is 11. The summed E-state index contributed by atoms with van der Waals surface area (Å²) in [7, 11) is -3.80. The number of nitrogens with one attached hydrogen (secondary N) is 1. The number of aryl methyl sites for hydroxylation is 1. The molecule has 3 aromatic carbocycles. The van der Waals surface area contributed by atoms with Gasteiger partial charge in [-0.1, -0.05) is 66.2 Å². The largest absolute Gasteiger partial charge is 0.352 e. The molecule has 38 heavy (non-hydrogen) atoms. The van der Waals surface area contributed by atoms with Crippen LogP contribution in [-0.2, 0) is 32.6 Å². The minimum Gasteiger partial charge on any atom is -0.352 e. The number of anilines is 1. The molecular weight excluding hydrogens is 522 g/mol. The van der Waals surface area contributed by atoms with Gasteiger partial charge in [-0.15, -0.1) is 0 Å². The van der Waals surface area contributed by atoms with Gasteiger partial charge in [0.05, 0.1) is 11.9 Å². The molecule has 0 bridgehead atoms. The number of hydrogen-bond donors (Lipinski definition) is 1. The van der Waals surface area contributed by atoms with Crippen LogP contribution in [0.5, 0.6) is 0 Å². The summed E-state index contributed by atoms with van der Waals surface area (Å²) in [5, 5.41) is 3.43. The Hall–Kier alpha value is -3.36. The molecule has 0 aliphatic heterocycles. The zero-order chi connectivity index (χ0) is 27.9. The van der Waals surface area contributed by atoms with Crippen molar-refractivity contribution < 1.29 is 18.0 Å². The summed E-state index contributed by atoms with van der Waals surface area (Å²) in [4.78, 5) is 28.9. The molecule has 0 fully saturated rings. The van der Waals surface area contributed by atoms with Crippen LogP contribution in [0.25, 0.3) is 0 Å². The molecule has 0 aliphatic carbocycles. The van der Waals surface area contributed by atoms with Crippen LogP contribution >= 0.6 is 11.6 Å². The molecule has 0 saturated carbocycles. The summed E-state index contributed by atoms with van der Waals surface area (Å²) < 4.78 is 26.7. The number of nitrogens with zero attached hydrogens (tertiary/aromatic N) is 2. The second kappa shape index (κ2) is 12.9. The van der Waals surface area contributed by atoms with Crippen LogP contribution in [0, 0.1) is 6.92 Å². The first kappa shape index (κ1) is 29.2. The second-order valence-corrected chi connectivity index (χ2v) is 12.0. The van der Waals surface area contributed by atoms with Crippen LogP contribution in [0.3, 0.4) is 0 Å². The van der Waals surface area contributed by atoms with Crippen LogP contribution < -0.4 is 9.62 Å². The Morgan fingerprint density at radius 1 is 0.921 bits per heavy atom. The summed E-state index contributed by atoms with van der Waals surface area (Å²) in [6.45, 7) is 5.17. The van der Waals surface area contributed by atoms with E-state index in [0.29, 0.717) is 10.7 Å².